The van der Waals surface area contributed by atoms with Crippen LogP contribution in [-0.2, 0) is 6.42 Å². The molecule has 2 aromatic rings. The van der Waals surface area contributed by atoms with E-state index in [0.29, 0.717) is 12.1 Å². The van der Waals surface area contributed by atoms with Gasteiger partial charge in [0, 0.05) is 12.4 Å². The van der Waals surface area contributed by atoms with Gasteiger partial charge < -0.3 is 5.11 Å². The molecule has 0 aliphatic rings. The molecule has 2 rings (SSSR count). The van der Waals surface area contributed by atoms with Gasteiger partial charge in [0.05, 0.1) is 18.0 Å². The van der Waals surface area contributed by atoms with Crippen LogP contribution < -0.4 is 0 Å². The molecule has 78 valence electrons. The van der Waals surface area contributed by atoms with E-state index in [1.54, 1.807) is 29.9 Å². The van der Waals surface area contributed by atoms with Gasteiger partial charge in [-0.1, -0.05) is 0 Å². The molecule has 1 N–H and O–H groups in total. The van der Waals surface area contributed by atoms with E-state index >= 15 is 0 Å². The maximum Gasteiger partial charge on any atom is 0.0978 e. The highest BCUT2D eigenvalue weighted by Crippen LogP contribution is 2.17. The first-order valence-corrected chi connectivity index (χ1v) is 5.75. The Hall–Kier alpha value is -1.26. The Bertz CT molecular complexity index is 388. The van der Waals surface area contributed by atoms with Crippen molar-refractivity contribution in [3.05, 3.63) is 46.7 Å². The van der Waals surface area contributed by atoms with Gasteiger partial charge in [-0.25, -0.2) is 0 Å². The van der Waals surface area contributed by atoms with Gasteiger partial charge in [0.1, 0.15) is 0 Å². The Morgan fingerprint density at radius 2 is 2.33 bits per heavy atom. The lowest BCUT2D eigenvalue weighted by Crippen LogP contribution is -2.02. The minimum absolute atomic E-state index is 0.515. The van der Waals surface area contributed by atoms with Crippen molar-refractivity contribution in [1.29, 1.82) is 0 Å². The Balaban J connectivity index is 1.90. The molecule has 15 heavy (non-hydrogen) atoms. The average Bonchev–Trinajstić information content (AvgIpc) is 2.80. The molecule has 4 heteroatoms. The summed E-state index contributed by atoms with van der Waals surface area (Å²) in [5.74, 6) is 0. The molecule has 0 bridgehead atoms. The summed E-state index contributed by atoms with van der Waals surface area (Å²) in [5, 5.41) is 14.0. The van der Waals surface area contributed by atoms with E-state index in [9.17, 15) is 5.11 Å². The van der Waals surface area contributed by atoms with Crippen LogP contribution >= 0.6 is 11.3 Å². The second-order valence-corrected chi connectivity index (χ2v) is 4.10. The van der Waals surface area contributed by atoms with Crippen molar-refractivity contribution >= 4 is 11.3 Å². The van der Waals surface area contributed by atoms with Crippen molar-refractivity contribution in [2.75, 3.05) is 0 Å². The van der Waals surface area contributed by atoms with Crippen molar-refractivity contribution in [3.8, 4) is 0 Å². The Morgan fingerprint density at radius 3 is 3.00 bits per heavy atom. The summed E-state index contributed by atoms with van der Waals surface area (Å²) in [4.78, 5) is 8.00. The van der Waals surface area contributed by atoms with Gasteiger partial charge in [0.25, 0.3) is 0 Å². The number of hydrogen-bond acceptors (Lipinski definition) is 4. The van der Waals surface area contributed by atoms with E-state index in [0.717, 1.165) is 6.42 Å². The van der Waals surface area contributed by atoms with E-state index in [1.165, 1.54) is 5.56 Å². The van der Waals surface area contributed by atoms with E-state index in [4.69, 9.17) is 0 Å². The Labute approximate surface area is 92.5 Å². The molecule has 1 unspecified atom stereocenters. The van der Waals surface area contributed by atoms with Gasteiger partial charge in [0.15, 0.2) is 0 Å². The van der Waals surface area contributed by atoms with Crippen molar-refractivity contribution in [2.24, 2.45) is 0 Å². The van der Waals surface area contributed by atoms with Crippen molar-refractivity contribution in [3.63, 3.8) is 0 Å². The molecule has 2 heterocycles. The smallest absolute Gasteiger partial charge is 0.0978 e. The molecule has 1 atom stereocenters. The lowest BCUT2D eigenvalue weighted by atomic mass is 10.1. The van der Waals surface area contributed by atoms with Gasteiger partial charge in [0.2, 0.25) is 0 Å². The molecule has 2 aromatic heterocycles. The van der Waals surface area contributed by atoms with E-state index in [2.05, 4.69) is 21.4 Å². The number of rotatable bonds is 4. The summed E-state index contributed by atoms with van der Waals surface area (Å²) >= 11 is 1.68. The zero-order chi connectivity index (χ0) is 10.5. The lowest BCUT2D eigenvalue weighted by Gasteiger charge is -2.07. The van der Waals surface area contributed by atoms with E-state index in [1.807, 2.05) is 5.38 Å². The van der Waals surface area contributed by atoms with Crippen LogP contribution in [0.15, 0.2) is 35.4 Å². The van der Waals surface area contributed by atoms with Gasteiger partial charge in [-0.2, -0.15) is 11.3 Å². The third-order valence-corrected chi connectivity index (χ3v) is 2.94. The summed E-state index contributed by atoms with van der Waals surface area (Å²) < 4.78 is 0. The second-order valence-electron chi connectivity index (χ2n) is 3.32. The minimum Gasteiger partial charge on any atom is -0.387 e. The normalized spacial score (nSPS) is 12.6. The molecule has 0 radical (unpaired) electrons. The molecule has 0 spiro atoms. The van der Waals surface area contributed by atoms with Crippen LogP contribution in [0.25, 0.3) is 0 Å². The van der Waals surface area contributed by atoms with Gasteiger partial charge >= 0.3 is 0 Å². The van der Waals surface area contributed by atoms with Crippen molar-refractivity contribution in [1.82, 2.24) is 9.97 Å². The highest BCUT2D eigenvalue weighted by molar-refractivity contribution is 7.07. The number of aromatic nitrogens is 2. The number of aryl methyl sites for hydroxylation is 1. The number of hydrogen-bond donors (Lipinski definition) is 1. The van der Waals surface area contributed by atoms with Crippen LogP contribution in [0.5, 0.6) is 0 Å². The standard InChI is InChI=1S/C11H12N2OS/c14-11(10-7-12-4-5-13-10)2-1-9-3-6-15-8-9/h3-8,11,14H,1-2H2. The highest BCUT2D eigenvalue weighted by Gasteiger charge is 2.08. The summed E-state index contributed by atoms with van der Waals surface area (Å²) in [6.07, 6.45) is 5.87. The fourth-order valence-electron chi connectivity index (χ4n) is 1.37. The molecule has 0 aromatic carbocycles. The molecule has 3 nitrogen and oxygen atoms in total. The summed E-state index contributed by atoms with van der Waals surface area (Å²) in [5.41, 5.74) is 1.91. The molecule has 0 fully saturated rings. The topological polar surface area (TPSA) is 46.0 Å². The molecular weight excluding hydrogens is 208 g/mol. The van der Waals surface area contributed by atoms with Gasteiger partial charge in [-0.05, 0) is 35.2 Å². The fourth-order valence-corrected chi connectivity index (χ4v) is 2.07. The van der Waals surface area contributed by atoms with Crippen LogP contribution in [0.3, 0.4) is 0 Å². The Morgan fingerprint density at radius 1 is 1.40 bits per heavy atom. The van der Waals surface area contributed by atoms with E-state index in [-0.39, 0.29) is 0 Å². The number of thiophene rings is 1. The zero-order valence-electron chi connectivity index (χ0n) is 8.21. The molecule has 0 amide bonds. The molecule has 0 aliphatic carbocycles. The fraction of sp³-hybridized carbons (Fsp3) is 0.273. The first-order chi connectivity index (χ1) is 7.36. The number of aliphatic hydroxyl groups excluding tert-OH is 1. The molecule has 0 saturated carbocycles. The van der Waals surface area contributed by atoms with Gasteiger partial charge in [-0.15, -0.1) is 0 Å². The van der Waals surface area contributed by atoms with Crippen molar-refractivity contribution in [2.45, 2.75) is 18.9 Å². The summed E-state index contributed by atoms with van der Waals surface area (Å²) in [7, 11) is 0. The molecule has 0 aliphatic heterocycles. The predicted octanol–water partition coefficient (Wildman–Crippen LogP) is 2.20. The average molecular weight is 220 g/mol. The van der Waals surface area contributed by atoms with Crippen LogP contribution in [0.1, 0.15) is 23.8 Å². The van der Waals surface area contributed by atoms with Crippen LogP contribution in [0, 0.1) is 0 Å². The first kappa shape index (κ1) is 10.3. The molecular formula is C11H12N2OS. The monoisotopic (exact) mass is 220 g/mol. The number of aliphatic hydroxyl groups is 1. The quantitative estimate of drug-likeness (QED) is 0.859. The van der Waals surface area contributed by atoms with Gasteiger partial charge in [-0.3, -0.25) is 9.97 Å². The predicted molar refractivity (Wildman–Crippen MR) is 59.6 cm³/mol. The maximum atomic E-state index is 9.82. The zero-order valence-corrected chi connectivity index (χ0v) is 9.02. The lowest BCUT2D eigenvalue weighted by molar-refractivity contribution is 0.162. The van der Waals surface area contributed by atoms with E-state index < -0.39 is 6.10 Å². The second kappa shape index (κ2) is 5.00. The maximum absolute atomic E-state index is 9.82. The first-order valence-electron chi connectivity index (χ1n) is 4.81. The third kappa shape index (κ3) is 2.84. The van der Waals surface area contributed by atoms with Crippen LogP contribution in [0.2, 0.25) is 0 Å². The highest BCUT2D eigenvalue weighted by atomic mass is 32.1. The summed E-state index contributed by atoms with van der Waals surface area (Å²) in [6, 6.07) is 2.08. The Kier molecular flexibility index (Phi) is 3.42. The largest absolute Gasteiger partial charge is 0.387 e. The minimum atomic E-state index is -0.515. The van der Waals surface area contributed by atoms with Crippen LogP contribution in [0.4, 0.5) is 0 Å². The summed E-state index contributed by atoms with van der Waals surface area (Å²) in [6.45, 7) is 0. The van der Waals surface area contributed by atoms with Crippen LogP contribution in [-0.4, -0.2) is 15.1 Å². The SMILES string of the molecule is OC(CCc1ccsc1)c1cnccn1. The van der Waals surface area contributed by atoms with Crippen molar-refractivity contribution < 1.29 is 5.11 Å². The number of nitrogens with zero attached hydrogens (tertiary/aromatic N) is 2. The molecule has 0 saturated heterocycles. The third-order valence-electron chi connectivity index (χ3n) is 2.21.